The van der Waals surface area contributed by atoms with Gasteiger partial charge in [-0.3, -0.25) is 4.68 Å². The second kappa shape index (κ2) is 5.44. The molecule has 1 heterocycles. The number of thioether (sulfide) groups is 1. The van der Waals surface area contributed by atoms with Crippen molar-refractivity contribution in [1.82, 2.24) is 9.78 Å². The summed E-state index contributed by atoms with van der Waals surface area (Å²) in [6.45, 7) is 1.88. The zero-order chi connectivity index (χ0) is 14.0. The SMILES string of the molecule is Cc1cc(SCc2cc(F)ccc2C(=O)O)n(C)n1. The number of aromatic carboxylic acids is 1. The van der Waals surface area contributed by atoms with Crippen LogP contribution in [0.15, 0.2) is 29.3 Å². The molecule has 6 heteroatoms. The molecule has 1 aromatic heterocycles. The van der Waals surface area contributed by atoms with Gasteiger partial charge in [-0.2, -0.15) is 5.10 Å². The quantitative estimate of drug-likeness (QED) is 0.875. The molecule has 0 saturated heterocycles. The Kier molecular flexibility index (Phi) is 3.90. The highest BCUT2D eigenvalue weighted by molar-refractivity contribution is 7.98. The summed E-state index contributed by atoms with van der Waals surface area (Å²) in [6.07, 6.45) is 0. The van der Waals surface area contributed by atoms with Gasteiger partial charge in [0.2, 0.25) is 0 Å². The molecule has 0 fully saturated rings. The van der Waals surface area contributed by atoms with Crippen LogP contribution in [0.2, 0.25) is 0 Å². The summed E-state index contributed by atoms with van der Waals surface area (Å²) in [5.74, 6) is -1.09. The number of hydrogen-bond donors (Lipinski definition) is 1. The first kappa shape index (κ1) is 13.6. The first-order chi connectivity index (χ1) is 8.97. The van der Waals surface area contributed by atoms with Gasteiger partial charge in [-0.05, 0) is 36.8 Å². The molecule has 100 valence electrons. The molecule has 4 nitrogen and oxygen atoms in total. The number of nitrogens with zero attached hydrogens (tertiary/aromatic N) is 2. The average molecular weight is 280 g/mol. The second-order valence-corrected chi connectivity index (χ2v) is 5.14. The molecule has 0 aliphatic heterocycles. The summed E-state index contributed by atoms with van der Waals surface area (Å²) in [5.41, 5.74) is 1.49. The lowest BCUT2D eigenvalue weighted by molar-refractivity contribution is 0.0696. The third-order valence-corrected chi connectivity index (χ3v) is 3.77. The Morgan fingerprint density at radius 1 is 1.47 bits per heavy atom. The van der Waals surface area contributed by atoms with Crippen LogP contribution in [0.4, 0.5) is 4.39 Å². The number of carboxylic acid groups (broad SMARTS) is 1. The van der Waals surface area contributed by atoms with Crippen molar-refractivity contribution in [3.05, 3.63) is 46.9 Å². The number of rotatable bonds is 4. The molecule has 19 heavy (non-hydrogen) atoms. The molecule has 0 radical (unpaired) electrons. The highest BCUT2D eigenvalue weighted by Crippen LogP contribution is 2.25. The van der Waals surface area contributed by atoms with E-state index in [4.69, 9.17) is 5.11 Å². The van der Waals surface area contributed by atoms with Gasteiger partial charge in [0, 0.05) is 12.8 Å². The molecular formula is C13H13FN2O2S. The summed E-state index contributed by atoms with van der Waals surface area (Å²) < 4.78 is 14.9. The number of benzene rings is 1. The Hall–Kier alpha value is -1.82. The van der Waals surface area contributed by atoms with Gasteiger partial charge in [0.1, 0.15) is 5.82 Å². The standard InChI is InChI=1S/C13H13FN2O2S/c1-8-5-12(16(2)15-8)19-7-9-6-10(14)3-4-11(9)13(17)18/h3-6H,7H2,1-2H3,(H,17,18). The third kappa shape index (κ3) is 3.14. The maximum atomic E-state index is 13.2. The number of carbonyl (C=O) groups is 1. The predicted molar refractivity (Wildman–Crippen MR) is 70.9 cm³/mol. The van der Waals surface area contributed by atoms with Crippen molar-refractivity contribution in [2.75, 3.05) is 0 Å². The van der Waals surface area contributed by atoms with E-state index < -0.39 is 11.8 Å². The fourth-order valence-electron chi connectivity index (χ4n) is 1.76. The monoisotopic (exact) mass is 280 g/mol. The minimum Gasteiger partial charge on any atom is -0.478 e. The fraction of sp³-hybridized carbons (Fsp3) is 0.231. The van der Waals surface area contributed by atoms with E-state index in [1.165, 1.54) is 23.9 Å². The first-order valence-corrected chi connectivity index (χ1v) is 6.61. The van der Waals surface area contributed by atoms with Gasteiger partial charge in [-0.15, -0.1) is 11.8 Å². The van der Waals surface area contributed by atoms with Gasteiger partial charge in [-0.25, -0.2) is 9.18 Å². The van der Waals surface area contributed by atoms with E-state index in [0.29, 0.717) is 11.3 Å². The molecule has 2 aromatic rings. The van der Waals surface area contributed by atoms with E-state index in [2.05, 4.69) is 5.10 Å². The van der Waals surface area contributed by atoms with E-state index in [-0.39, 0.29) is 5.56 Å². The van der Waals surface area contributed by atoms with Crippen molar-refractivity contribution >= 4 is 17.7 Å². The molecule has 1 aromatic carbocycles. The van der Waals surface area contributed by atoms with Crippen LogP contribution in [-0.4, -0.2) is 20.9 Å². The summed E-state index contributed by atoms with van der Waals surface area (Å²) in [6, 6.07) is 5.62. The minimum atomic E-state index is -1.04. The summed E-state index contributed by atoms with van der Waals surface area (Å²) in [5, 5.41) is 14.2. The Morgan fingerprint density at radius 3 is 2.79 bits per heavy atom. The molecule has 0 atom stereocenters. The van der Waals surface area contributed by atoms with Crippen LogP contribution in [0.25, 0.3) is 0 Å². The maximum Gasteiger partial charge on any atom is 0.335 e. The van der Waals surface area contributed by atoms with E-state index in [9.17, 15) is 9.18 Å². The van der Waals surface area contributed by atoms with Crippen molar-refractivity contribution in [2.24, 2.45) is 7.05 Å². The molecule has 0 saturated carbocycles. The van der Waals surface area contributed by atoms with Crippen LogP contribution in [0.1, 0.15) is 21.6 Å². The van der Waals surface area contributed by atoms with Gasteiger partial charge in [-0.1, -0.05) is 0 Å². The summed E-state index contributed by atoms with van der Waals surface area (Å²) in [7, 11) is 1.82. The number of halogens is 1. The van der Waals surface area contributed by atoms with E-state index >= 15 is 0 Å². The highest BCUT2D eigenvalue weighted by Gasteiger charge is 2.12. The fourth-order valence-corrected chi connectivity index (χ4v) is 2.79. The van der Waals surface area contributed by atoms with Crippen LogP contribution >= 0.6 is 11.8 Å². The van der Waals surface area contributed by atoms with Gasteiger partial charge in [0.05, 0.1) is 16.3 Å². The lowest BCUT2D eigenvalue weighted by Crippen LogP contribution is -2.02. The minimum absolute atomic E-state index is 0.132. The smallest absolute Gasteiger partial charge is 0.335 e. The van der Waals surface area contributed by atoms with Crippen LogP contribution in [0, 0.1) is 12.7 Å². The predicted octanol–water partition coefficient (Wildman–Crippen LogP) is 2.86. The zero-order valence-electron chi connectivity index (χ0n) is 10.6. The zero-order valence-corrected chi connectivity index (χ0v) is 11.4. The maximum absolute atomic E-state index is 13.2. The third-order valence-electron chi connectivity index (χ3n) is 2.63. The van der Waals surface area contributed by atoms with Crippen molar-refractivity contribution in [3.63, 3.8) is 0 Å². The summed E-state index contributed by atoms with van der Waals surface area (Å²) >= 11 is 1.43. The lowest BCUT2D eigenvalue weighted by atomic mass is 10.1. The number of aromatic nitrogens is 2. The van der Waals surface area contributed by atoms with E-state index in [0.717, 1.165) is 16.8 Å². The molecule has 0 aliphatic rings. The Morgan fingerprint density at radius 2 is 2.21 bits per heavy atom. The van der Waals surface area contributed by atoms with Gasteiger partial charge in [0.25, 0.3) is 0 Å². The van der Waals surface area contributed by atoms with Gasteiger partial charge >= 0.3 is 5.97 Å². The largest absolute Gasteiger partial charge is 0.478 e. The Balaban J connectivity index is 2.21. The second-order valence-electron chi connectivity index (χ2n) is 4.14. The van der Waals surface area contributed by atoms with Crippen molar-refractivity contribution in [3.8, 4) is 0 Å². The van der Waals surface area contributed by atoms with E-state index in [1.807, 2.05) is 20.0 Å². The Bertz CT molecular complexity index is 625. The number of hydrogen-bond acceptors (Lipinski definition) is 3. The number of carboxylic acids is 1. The summed E-state index contributed by atoms with van der Waals surface area (Å²) in [4.78, 5) is 11.1. The van der Waals surface area contributed by atoms with Crippen LogP contribution < -0.4 is 0 Å². The molecule has 0 amide bonds. The molecule has 2 rings (SSSR count). The van der Waals surface area contributed by atoms with Crippen LogP contribution in [-0.2, 0) is 12.8 Å². The molecular weight excluding hydrogens is 267 g/mol. The van der Waals surface area contributed by atoms with Crippen molar-refractivity contribution in [2.45, 2.75) is 17.7 Å². The van der Waals surface area contributed by atoms with Crippen molar-refractivity contribution in [1.29, 1.82) is 0 Å². The van der Waals surface area contributed by atoms with Gasteiger partial charge in [0.15, 0.2) is 0 Å². The van der Waals surface area contributed by atoms with Crippen LogP contribution in [0.5, 0.6) is 0 Å². The van der Waals surface area contributed by atoms with Gasteiger partial charge < -0.3 is 5.11 Å². The lowest BCUT2D eigenvalue weighted by Gasteiger charge is -2.06. The van der Waals surface area contributed by atoms with E-state index in [1.54, 1.807) is 4.68 Å². The highest BCUT2D eigenvalue weighted by atomic mass is 32.2. The average Bonchev–Trinajstić information content (AvgIpc) is 2.65. The molecule has 0 aliphatic carbocycles. The molecule has 0 bridgehead atoms. The normalized spacial score (nSPS) is 10.7. The first-order valence-electron chi connectivity index (χ1n) is 5.62. The van der Waals surface area contributed by atoms with Crippen molar-refractivity contribution < 1.29 is 14.3 Å². The molecule has 1 N–H and O–H groups in total. The topological polar surface area (TPSA) is 55.1 Å². The molecule has 0 spiro atoms. The Labute approximate surface area is 114 Å². The van der Waals surface area contributed by atoms with Crippen LogP contribution in [0.3, 0.4) is 0 Å². The number of aryl methyl sites for hydroxylation is 2. The molecule has 0 unspecified atom stereocenters.